The van der Waals surface area contributed by atoms with Gasteiger partial charge in [-0.1, -0.05) is 12.1 Å². The molecule has 1 saturated heterocycles. The molecule has 1 aromatic carbocycles. The molecule has 1 aromatic heterocycles. The first-order chi connectivity index (χ1) is 12.7. The number of amides is 2. The fourth-order valence-corrected chi connectivity index (χ4v) is 3.88. The highest BCUT2D eigenvalue weighted by Gasteiger charge is 2.25. The van der Waals surface area contributed by atoms with E-state index in [4.69, 9.17) is 4.74 Å². The Balaban J connectivity index is 1.60. The number of benzene rings is 1. The van der Waals surface area contributed by atoms with Crippen molar-refractivity contribution in [3.8, 4) is 5.75 Å². The molecule has 0 spiro atoms. The first-order valence-corrected chi connectivity index (χ1v) is 9.61. The summed E-state index contributed by atoms with van der Waals surface area (Å²) in [5.41, 5.74) is 1.66. The van der Waals surface area contributed by atoms with E-state index in [1.165, 1.54) is 25.5 Å². The molecule has 1 unspecified atom stereocenters. The van der Waals surface area contributed by atoms with Crippen LogP contribution in [-0.2, 0) is 9.59 Å². The van der Waals surface area contributed by atoms with Crippen LogP contribution in [0.2, 0.25) is 0 Å². The third-order valence-corrected chi connectivity index (χ3v) is 5.23. The summed E-state index contributed by atoms with van der Waals surface area (Å²) in [4.78, 5) is 26.8. The van der Waals surface area contributed by atoms with E-state index in [1.54, 1.807) is 35.6 Å². The fraction of sp³-hybridized carbons (Fsp3) is 0.368. The summed E-state index contributed by atoms with van der Waals surface area (Å²) in [5, 5.41) is 9.52. The average molecular weight is 373 g/mol. The number of hydrogen-bond donors (Lipinski definition) is 2. The summed E-state index contributed by atoms with van der Waals surface area (Å²) < 4.78 is 5.19. The maximum absolute atomic E-state index is 12.3. The van der Waals surface area contributed by atoms with Crippen LogP contribution in [0.25, 0.3) is 0 Å². The molecule has 138 valence electrons. The van der Waals surface area contributed by atoms with Crippen molar-refractivity contribution in [1.29, 1.82) is 0 Å². The minimum Gasteiger partial charge on any atom is -0.495 e. The molecule has 0 bridgehead atoms. The minimum atomic E-state index is -0.694. The van der Waals surface area contributed by atoms with Gasteiger partial charge in [0.1, 0.15) is 5.75 Å². The molecule has 1 atom stereocenters. The zero-order chi connectivity index (χ0) is 18.4. The van der Waals surface area contributed by atoms with E-state index < -0.39 is 11.8 Å². The molecule has 7 heteroatoms. The molecule has 0 saturated carbocycles. The number of carbonyl (C=O) groups excluding carboxylic acids is 2. The van der Waals surface area contributed by atoms with Gasteiger partial charge in [0.05, 0.1) is 18.8 Å². The van der Waals surface area contributed by atoms with Crippen LogP contribution in [0.4, 0.5) is 5.69 Å². The van der Waals surface area contributed by atoms with Crippen LogP contribution in [0.15, 0.2) is 41.1 Å². The van der Waals surface area contributed by atoms with Crippen LogP contribution < -0.4 is 15.4 Å². The van der Waals surface area contributed by atoms with Gasteiger partial charge in [0.15, 0.2) is 0 Å². The number of ether oxygens (including phenoxy) is 1. The zero-order valence-corrected chi connectivity index (χ0v) is 15.6. The first kappa shape index (κ1) is 18.4. The second-order valence-corrected chi connectivity index (χ2v) is 6.96. The summed E-state index contributed by atoms with van der Waals surface area (Å²) in [6.45, 7) is 2.45. The number of likely N-dealkylation sites (tertiary alicyclic amines) is 1. The number of carbonyl (C=O) groups is 2. The molecule has 1 aliphatic rings. The molecular formula is C19H23N3O3S. The average Bonchev–Trinajstić information content (AvgIpc) is 3.36. The van der Waals surface area contributed by atoms with Crippen molar-refractivity contribution in [2.24, 2.45) is 0 Å². The minimum absolute atomic E-state index is 0.103. The Labute approximate surface area is 157 Å². The quantitative estimate of drug-likeness (QED) is 0.764. The lowest BCUT2D eigenvalue weighted by Crippen LogP contribution is -2.41. The van der Waals surface area contributed by atoms with Crippen molar-refractivity contribution < 1.29 is 14.3 Å². The van der Waals surface area contributed by atoms with Gasteiger partial charge in [0, 0.05) is 6.54 Å². The number of para-hydroxylation sites is 2. The monoisotopic (exact) mass is 373 g/mol. The highest BCUT2D eigenvalue weighted by Crippen LogP contribution is 2.26. The Bertz CT molecular complexity index is 742. The van der Waals surface area contributed by atoms with Gasteiger partial charge in [-0.15, -0.1) is 0 Å². The van der Waals surface area contributed by atoms with Gasteiger partial charge in [-0.2, -0.15) is 11.3 Å². The van der Waals surface area contributed by atoms with E-state index in [2.05, 4.69) is 27.0 Å². The predicted octanol–water partition coefficient (Wildman–Crippen LogP) is 2.65. The van der Waals surface area contributed by atoms with Crippen LogP contribution in [0.5, 0.6) is 5.75 Å². The summed E-state index contributed by atoms with van der Waals surface area (Å²) in [5.74, 6) is -0.822. The Morgan fingerprint density at radius 1 is 1.19 bits per heavy atom. The van der Waals surface area contributed by atoms with E-state index >= 15 is 0 Å². The van der Waals surface area contributed by atoms with E-state index in [0.29, 0.717) is 18.0 Å². The molecule has 3 rings (SSSR count). The van der Waals surface area contributed by atoms with Crippen LogP contribution in [-0.4, -0.2) is 43.5 Å². The van der Waals surface area contributed by atoms with E-state index in [1.807, 2.05) is 5.38 Å². The third-order valence-electron chi connectivity index (χ3n) is 4.53. The fourth-order valence-electron chi connectivity index (χ4n) is 3.17. The molecule has 6 nitrogen and oxygen atoms in total. The highest BCUT2D eigenvalue weighted by molar-refractivity contribution is 7.08. The smallest absolute Gasteiger partial charge is 0.313 e. The number of hydrogen-bond acceptors (Lipinski definition) is 5. The number of anilines is 1. The second kappa shape index (κ2) is 8.82. The third kappa shape index (κ3) is 4.42. The lowest BCUT2D eigenvalue weighted by atomic mass is 10.1. The lowest BCUT2D eigenvalue weighted by molar-refractivity contribution is -0.136. The maximum atomic E-state index is 12.3. The number of nitrogens with zero attached hydrogens (tertiary/aromatic N) is 1. The van der Waals surface area contributed by atoms with Crippen LogP contribution in [0.3, 0.4) is 0 Å². The summed E-state index contributed by atoms with van der Waals surface area (Å²) in [7, 11) is 1.52. The molecule has 0 radical (unpaired) electrons. The van der Waals surface area contributed by atoms with Crippen LogP contribution in [0, 0.1) is 0 Å². The van der Waals surface area contributed by atoms with Gasteiger partial charge in [-0.3, -0.25) is 14.5 Å². The molecule has 2 aromatic rings. The Hall–Kier alpha value is -2.38. The Morgan fingerprint density at radius 3 is 2.65 bits per heavy atom. The number of thiophene rings is 1. The molecule has 0 aliphatic carbocycles. The van der Waals surface area contributed by atoms with Crippen molar-refractivity contribution in [1.82, 2.24) is 10.2 Å². The topological polar surface area (TPSA) is 70.7 Å². The van der Waals surface area contributed by atoms with E-state index in [9.17, 15) is 9.59 Å². The summed E-state index contributed by atoms with van der Waals surface area (Å²) in [6.07, 6.45) is 2.34. The van der Waals surface area contributed by atoms with Gasteiger partial charge in [-0.05, 0) is 60.5 Å². The van der Waals surface area contributed by atoms with Gasteiger partial charge in [0.25, 0.3) is 0 Å². The van der Waals surface area contributed by atoms with Crippen LogP contribution >= 0.6 is 11.3 Å². The molecule has 1 fully saturated rings. The molecule has 1 aliphatic heterocycles. The maximum Gasteiger partial charge on any atom is 0.313 e. The van der Waals surface area contributed by atoms with Gasteiger partial charge in [-0.25, -0.2) is 0 Å². The van der Waals surface area contributed by atoms with Crippen molar-refractivity contribution in [2.45, 2.75) is 18.9 Å². The predicted molar refractivity (Wildman–Crippen MR) is 103 cm³/mol. The lowest BCUT2D eigenvalue weighted by Gasteiger charge is -2.27. The highest BCUT2D eigenvalue weighted by atomic mass is 32.1. The van der Waals surface area contributed by atoms with Gasteiger partial charge >= 0.3 is 11.8 Å². The molecule has 2 amide bonds. The number of methoxy groups -OCH3 is 1. The molecule has 26 heavy (non-hydrogen) atoms. The van der Waals surface area contributed by atoms with E-state index in [0.717, 1.165) is 13.1 Å². The van der Waals surface area contributed by atoms with Crippen molar-refractivity contribution in [3.63, 3.8) is 0 Å². The van der Waals surface area contributed by atoms with Crippen LogP contribution in [0.1, 0.15) is 24.4 Å². The molecule has 2 heterocycles. The standard InChI is InChI=1S/C19H23N3O3S/c1-25-17-7-3-2-6-15(17)21-19(24)18(23)20-12-16(14-8-11-26-13-14)22-9-4-5-10-22/h2-3,6-8,11,13,16H,4-5,9-10,12H2,1H3,(H,20,23)(H,21,24). The molecule has 2 N–H and O–H groups in total. The zero-order valence-electron chi connectivity index (χ0n) is 14.7. The number of nitrogens with one attached hydrogen (secondary N) is 2. The molecular weight excluding hydrogens is 350 g/mol. The van der Waals surface area contributed by atoms with Gasteiger partial charge in [0.2, 0.25) is 0 Å². The summed E-state index contributed by atoms with van der Waals surface area (Å²) >= 11 is 1.64. The van der Waals surface area contributed by atoms with Gasteiger partial charge < -0.3 is 15.4 Å². The number of rotatable bonds is 6. The van der Waals surface area contributed by atoms with Crippen molar-refractivity contribution in [3.05, 3.63) is 46.7 Å². The van der Waals surface area contributed by atoms with Crippen molar-refractivity contribution >= 4 is 28.8 Å². The Morgan fingerprint density at radius 2 is 1.96 bits per heavy atom. The Kier molecular flexibility index (Phi) is 6.25. The second-order valence-electron chi connectivity index (χ2n) is 6.18. The van der Waals surface area contributed by atoms with Crippen molar-refractivity contribution in [2.75, 3.05) is 32.1 Å². The SMILES string of the molecule is COc1ccccc1NC(=O)C(=O)NCC(c1ccsc1)N1CCCC1. The normalized spacial score (nSPS) is 15.4. The summed E-state index contributed by atoms with van der Waals surface area (Å²) in [6, 6.07) is 9.18. The largest absolute Gasteiger partial charge is 0.495 e. The van der Waals surface area contributed by atoms with E-state index in [-0.39, 0.29) is 6.04 Å². The first-order valence-electron chi connectivity index (χ1n) is 8.67.